The van der Waals surface area contributed by atoms with E-state index in [1.165, 1.54) is 0 Å². The number of aromatic nitrogens is 4. The van der Waals surface area contributed by atoms with Gasteiger partial charge in [-0.05, 0) is 48.0 Å². The first-order valence-electron chi connectivity index (χ1n) is 9.08. The van der Waals surface area contributed by atoms with Gasteiger partial charge in [0, 0.05) is 23.6 Å². The molecule has 0 unspecified atom stereocenters. The summed E-state index contributed by atoms with van der Waals surface area (Å²) in [5.41, 5.74) is 3.61. The number of H-pyrrole nitrogens is 1. The fourth-order valence-corrected chi connectivity index (χ4v) is 3.17. The van der Waals surface area contributed by atoms with Gasteiger partial charge in [0.1, 0.15) is 5.69 Å². The van der Waals surface area contributed by atoms with Gasteiger partial charge in [0.05, 0.1) is 12.2 Å². The molecular formula is C21H17N5O3. The van der Waals surface area contributed by atoms with Crippen molar-refractivity contribution in [2.45, 2.75) is 6.54 Å². The molecule has 0 fully saturated rings. The maximum atomic E-state index is 12.6. The first-order valence-corrected chi connectivity index (χ1v) is 9.08. The summed E-state index contributed by atoms with van der Waals surface area (Å²) in [5, 5.41) is 14.1. The Morgan fingerprint density at radius 3 is 2.93 bits per heavy atom. The van der Waals surface area contributed by atoms with Crippen molar-refractivity contribution in [3.8, 4) is 22.8 Å². The van der Waals surface area contributed by atoms with Crippen LogP contribution in [0.5, 0.6) is 11.5 Å². The molecule has 0 saturated carbocycles. The average molecular weight is 387 g/mol. The van der Waals surface area contributed by atoms with E-state index < -0.39 is 0 Å². The molecule has 0 atom stereocenters. The number of nitrogens with zero attached hydrogens (tertiary/aromatic N) is 3. The lowest BCUT2D eigenvalue weighted by Crippen LogP contribution is -2.12. The summed E-state index contributed by atoms with van der Waals surface area (Å²) in [7, 11) is 0. The number of carbonyl (C=O) groups excluding carboxylic acids is 1. The predicted molar refractivity (Wildman–Crippen MR) is 106 cm³/mol. The van der Waals surface area contributed by atoms with Crippen LogP contribution >= 0.6 is 0 Å². The van der Waals surface area contributed by atoms with Crippen LogP contribution in [0.2, 0.25) is 0 Å². The largest absolute Gasteiger partial charge is 0.454 e. The van der Waals surface area contributed by atoms with Crippen LogP contribution in [0.4, 0.5) is 5.69 Å². The molecule has 1 aliphatic heterocycles. The van der Waals surface area contributed by atoms with E-state index in [2.05, 4.69) is 20.6 Å². The molecule has 2 aromatic carbocycles. The zero-order valence-electron chi connectivity index (χ0n) is 15.3. The van der Waals surface area contributed by atoms with Gasteiger partial charge in [-0.3, -0.25) is 14.6 Å². The molecule has 144 valence electrons. The minimum atomic E-state index is -0.263. The van der Waals surface area contributed by atoms with Gasteiger partial charge in [-0.25, -0.2) is 0 Å². The van der Waals surface area contributed by atoms with Crippen molar-refractivity contribution >= 4 is 11.6 Å². The molecule has 5 rings (SSSR count). The average Bonchev–Trinajstić information content (AvgIpc) is 3.49. The van der Waals surface area contributed by atoms with Crippen molar-refractivity contribution in [2.75, 3.05) is 12.1 Å². The topological polar surface area (TPSA) is 94.1 Å². The maximum absolute atomic E-state index is 12.6. The van der Waals surface area contributed by atoms with Crippen molar-refractivity contribution in [2.24, 2.45) is 0 Å². The van der Waals surface area contributed by atoms with Crippen LogP contribution in [0.3, 0.4) is 0 Å². The number of ether oxygens (including phenoxy) is 2. The van der Waals surface area contributed by atoms with E-state index in [1.54, 1.807) is 12.3 Å². The van der Waals surface area contributed by atoms with E-state index in [0.29, 0.717) is 35.1 Å². The molecule has 0 saturated heterocycles. The minimum Gasteiger partial charge on any atom is -0.454 e. The second-order valence-electron chi connectivity index (χ2n) is 6.59. The van der Waals surface area contributed by atoms with Gasteiger partial charge in [-0.2, -0.15) is 10.2 Å². The number of carbonyl (C=O) groups is 1. The molecule has 0 radical (unpaired) electrons. The second kappa shape index (κ2) is 7.16. The van der Waals surface area contributed by atoms with Gasteiger partial charge in [-0.15, -0.1) is 0 Å². The zero-order valence-corrected chi connectivity index (χ0v) is 15.3. The van der Waals surface area contributed by atoms with E-state index in [0.717, 1.165) is 11.1 Å². The minimum absolute atomic E-state index is 0.215. The fourth-order valence-electron chi connectivity index (χ4n) is 3.17. The Hall–Kier alpha value is -4.07. The fraction of sp³-hybridized carbons (Fsp3) is 0.0952. The molecule has 2 aromatic heterocycles. The van der Waals surface area contributed by atoms with Crippen LogP contribution in [0.25, 0.3) is 11.3 Å². The number of aromatic amines is 1. The smallest absolute Gasteiger partial charge is 0.273 e. The van der Waals surface area contributed by atoms with Crippen LogP contribution in [-0.4, -0.2) is 32.7 Å². The molecule has 1 aliphatic rings. The predicted octanol–water partition coefficient (Wildman–Crippen LogP) is 3.30. The lowest BCUT2D eigenvalue weighted by atomic mass is 10.1. The van der Waals surface area contributed by atoms with Crippen LogP contribution < -0.4 is 14.8 Å². The lowest BCUT2D eigenvalue weighted by molar-refractivity contribution is 0.102. The van der Waals surface area contributed by atoms with Crippen LogP contribution in [0, 0.1) is 0 Å². The van der Waals surface area contributed by atoms with E-state index in [-0.39, 0.29) is 12.7 Å². The molecular weight excluding hydrogens is 370 g/mol. The number of hydrogen-bond acceptors (Lipinski definition) is 5. The first-order chi connectivity index (χ1) is 14.2. The molecule has 3 heterocycles. The SMILES string of the molecule is O=C(Nc1cccc(Cn2cccn2)c1)c1cc(-c2ccc3c(c2)OCO3)n[nH]1. The molecule has 2 N–H and O–H groups in total. The highest BCUT2D eigenvalue weighted by atomic mass is 16.7. The number of amides is 1. The highest BCUT2D eigenvalue weighted by molar-refractivity contribution is 6.03. The van der Waals surface area contributed by atoms with E-state index >= 15 is 0 Å². The summed E-state index contributed by atoms with van der Waals surface area (Å²) in [6.07, 6.45) is 3.63. The second-order valence-corrected chi connectivity index (χ2v) is 6.59. The van der Waals surface area contributed by atoms with Gasteiger partial charge in [0.15, 0.2) is 11.5 Å². The summed E-state index contributed by atoms with van der Waals surface area (Å²) in [6.45, 7) is 0.849. The molecule has 1 amide bonds. The van der Waals surface area contributed by atoms with Crippen molar-refractivity contribution < 1.29 is 14.3 Å². The number of anilines is 1. The Kier molecular flexibility index (Phi) is 4.21. The molecule has 0 bridgehead atoms. The van der Waals surface area contributed by atoms with Gasteiger partial charge in [0.2, 0.25) is 6.79 Å². The highest BCUT2D eigenvalue weighted by Crippen LogP contribution is 2.35. The standard InChI is InChI=1S/C21H17N5O3/c27-21(23-16-4-1-3-14(9-16)12-26-8-2-7-22-26)18-11-17(24-25-18)15-5-6-19-20(10-15)29-13-28-19/h1-11H,12-13H2,(H,23,27)(H,24,25). The summed E-state index contributed by atoms with van der Waals surface area (Å²) in [6, 6.07) is 16.8. The molecule has 8 heteroatoms. The molecule has 8 nitrogen and oxygen atoms in total. The maximum Gasteiger partial charge on any atom is 0.273 e. The van der Waals surface area contributed by atoms with Crippen LogP contribution in [-0.2, 0) is 6.54 Å². The van der Waals surface area contributed by atoms with Crippen molar-refractivity contribution in [1.29, 1.82) is 0 Å². The third-order valence-corrected chi connectivity index (χ3v) is 4.58. The Labute approximate surface area is 166 Å². The molecule has 0 spiro atoms. The van der Waals surface area contributed by atoms with E-state index in [1.807, 2.05) is 59.4 Å². The zero-order chi connectivity index (χ0) is 19.6. The van der Waals surface area contributed by atoms with Gasteiger partial charge in [-0.1, -0.05) is 12.1 Å². The number of fused-ring (bicyclic) bond motifs is 1. The monoisotopic (exact) mass is 387 g/mol. The summed E-state index contributed by atoms with van der Waals surface area (Å²) in [4.78, 5) is 12.6. The third-order valence-electron chi connectivity index (χ3n) is 4.58. The lowest BCUT2D eigenvalue weighted by Gasteiger charge is -2.07. The number of hydrogen-bond donors (Lipinski definition) is 2. The summed E-state index contributed by atoms with van der Waals surface area (Å²) >= 11 is 0. The normalized spacial score (nSPS) is 12.1. The quantitative estimate of drug-likeness (QED) is 0.548. The Balaban J connectivity index is 1.30. The Bertz CT molecular complexity index is 1170. The van der Waals surface area contributed by atoms with Gasteiger partial charge < -0.3 is 14.8 Å². The summed E-state index contributed by atoms with van der Waals surface area (Å²) in [5.74, 6) is 1.11. The Morgan fingerprint density at radius 1 is 1.10 bits per heavy atom. The van der Waals surface area contributed by atoms with Crippen molar-refractivity contribution in [3.63, 3.8) is 0 Å². The Morgan fingerprint density at radius 2 is 2.03 bits per heavy atom. The highest BCUT2D eigenvalue weighted by Gasteiger charge is 2.16. The first kappa shape index (κ1) is 17.1. The van der Waals surface area contributed by atoms with Crippen molar-refractivity contribution in [1.82, 2.24) is 20.0 Å². The van der Waals surface area contributed by atoms with Crippen LogP contribution in [0.15, 0.2) is 67.0 Å². The van der Waals surface area contributed by atoms with Gasteiger partial charge >= 0.3 is 0 Å². The van der Waals surface area contributed by atoms with E-state index in [9.17, 15) is 4.79 Å². The number of nitrogens with one attached hydrogen (secondary N) is 2. The number of benzene rings is 2. The molecule has 0 aliphatic carbocycles. The number of rotatable bonds is 5. The van der Waals surface area contributed by atoms with Crippen molar-refractivity contribution in [3.05, 3.63) is 78.2 Å². The van der Waals surface area contributed by atoms with Gasteiger partial charge in [0.25, 0.3) is 5.91 Å². The molecule has 4 aromatic rings. The van der Waals surface area contributed by atoms with E-state index in [4.69, 9.17) is 9.47 Å². The molecule has 29 heavy (non-hydrogen) atoms. The summed E-state index contributed by atoms with van der Waals surface area (Å²) < 4.78 is 12.5. The third kappa shape index (κ3) is 3.55. The van der Waals surface area contributed by atoms with Crippen LogP contribution in [0.1, 0.15) is 16.1 Å².